The summed E-state index contributed by atoms with van der Waals surface area (Å²) in [4.78, 5) is 13.3. The average Bonchev–Trinajstić information content (AvgIpc) is 2.89. The maximum Gasteiger partial charge on any atom is 0.334 e. The van der Waals surface area contributed by atoms with Crippen molar-refractivity contribution < 1.29 is 27.8 Å². The Morgan fingerprint density at radius 2 is 1.74 bits per heavy atom. The largest absolute Gasteiger partial charge is 0.478 e. The Hall–Kier alpha value is -1.97. The summed E-state index contributed by atoms with van der Waals surface area (Å²) in [6, 6.07) is 4.14. The second-order valence-electron chi connectivity index (χ2n) is 9.46. The molecule has 2 rings (SSSR count). The number of methoxy groups -OCH3 is 1. The third-order valence-corrected chi connectivity index (χ3v) is 7.53. The lowest BCUT2D eigenvalue weighted by atomic mass is 10.1. The fraction of sp³-hybridized carbons (Fsp3) is 0.621. The number of carboxylic acid groups (broad SMARTS) is 1. The van der Waals surface area contributed by atoms with Crippen LogP contribution in [0.2, 0.25) is 0 Å². The molecule has 1 heterocycles. The third kappa shape index (κ3) is 13.2. The number of carboxylic acids is 1. The number of thioether (sulfide) groups is 1. The number of rotatable bonds is 17. The molecule has 0 aliphatic carbocycles. The van der Waals surface area contributed by atoms with Crippen LogP contribution in [0.4, 0.5) is 13.2 Å². The van der Waals surface area contributed by atoms with E-state index in [1.807, 2.05) is 6.92 Å². The summed E-state index contributed by atoms with van der Waals surface area (Å²) in [5, 5.41) is 8.84. The Morgan fingerprint density at radius 3 is 2.29 bits per heavy atom. The van der Waals surface area contributed by atoms with E-state index < -0.39 is 29.5 Å². The van der Waals surface area contributed by atoms with Gasteiger partial charge < -0.3 is 20.5 Å². The standard InChI is InChI=1S/C19H22F3NO3S.C10H23N/c1-13(26-2)12-23-10-3-4-16(18(24)25)17(23)27-11-9-19(21,22)14-5-7-15(20)8-6-14;1-2-3-4-5-6-7-8-9-10-11/h3-8,10,13,17H,9,11-12H2,1-2H3,(H,24,25);2-11H2,1H3. The highest BCUT2D eigenvalue weighted by molar-refractivity contribution is 8.00. The molecule has 2 unspecified atom stereocenters. The molecule has 0 fully saturated rings. The van der Waals surface area contributed by atoms with E-state index in [0.29, 0.717) is 6.54 Å². The van der Waals surface area contributed by atoms with Gasteiger partial charge in [0.2, 0.25) is 0 Å². The number of nitrogens with two attached hydrogens (primary N) is 1. The van der Waals surface area contributed by atoms with E-state index in [-0.39, 0.29) is 23.0 Å². The number of aliphatic carboxylic acids is 1. The van der Waals surface area contributed by atoms with Crippen LogP contribution in [-0.4, -0.2) is 53.4 Å². The second-order valence-corrected chi connectivity index (χ2v) is 10.6. The molecule has 1 aromatic carbocycles. The monoisotopic (exact) mass is 558 g/mol. The van der Waals surface area contributed by atoms with E-state index in [0.717, 1.165) is 42.6 Å². The number of unbranched alkanes of at least 4 members (excludes halogenated alkanes) is 7. The first-order valence-corrected chi connectivity index (χ1v) is 14.6. The molecule has 1 aliphatic rings. The van der Waals surface area contributed by atoms with Crippen LogP contribution in [0.5, 0.6) is 0 Å². The van der Waals surface area contributed by atoms with Crippen molar-refractivity contribution >= 4 is 17.7 Å². The quantitative estimate of drug-likeness (QED) is 0.195. The summed E-state index contributed by atoms with van der Waals surface area (Å²) in [6.07, 6.45) is 15.2. The average molecular weight is 559 g/mol. The fourth-order valence-corrected chi connectivity index (χ4v) is 5.21. The van der Waals surface area contributed by atoms with Crippen molar-refractivity contribution in [2.75, 3.05) is 26.0 Å². The first kappa shape index (κ1) is 34.1. The Morgan fingerprint density at radius 1 is 1.13 bits per heavy atom. The van der Waals surface area contributed by atoms with Crippen LogP contribution in [-0.2, 0) is 15.5 Å². The van der Waals surface area contributed by atoms with Crippen molar-refractivity contribution in [1.29, 1.82) is 0 Å². The lowest BCUT2D eigenvalue weighted by Crippen LogP contribution is -2.39. The molecule has 0 saturated carbocycles. The van der Waals surface area contributed by atoms with Crippen LogP contribution in [0.25, 0.3) is 0 Å². The van der Waals surface area contributed by atoms with Gasteiger partial charge in [-0.25, -0.2) is 18.0 Å². The van der Waals surface area contributed by atoms with Crippen molar-refractivity contribution in [2.24, 2.45) is 5.73 Å². The Bertz CT molecular complexity index is 842. The number of hydrogen-bond donors (Lipinski definition) is 2. The van der Waals surface area contributed by atoms with Crippen molar-refractivity contribution in [3.63, 3.8) is 0 Å². The van der Waals surface area contributed by atoms with Gasteiger partial charge in [-0.3, -0.25) is 0 Å². The minimum atomic E-state index is -3.12. The molecule has 0 spiro atoms. The number of hydrogen-bond acceptors (Lipinski definition) is 5. The number of benzene rings is 1. The highest BCUT2D eigenvalue weighted by Crippen LogP contribution is 2.35. The first-order valence-electron chi connectivity index (χ1n) is 13.5. The molecule has 0 aromatic heterocycles. The maximum atomic E-state index is 14.3. The van der Waals surface area contributed by atoms with Gasteiger partial charge in [0, 0.05) is 37.6 Å². The van der Waals surface area contributed by atoms with Crippen molar-refractivity contribution in [3.05, 3.63) is 59.6 Å². The Kier molecular flexibility index (Phi) is 17.2. The molecule has 2 atom stereocenters. The van der Waals surface area contributed by atoms with Crippen molar-refractivity contribution in [3.8, 4) is 0 Å². The summed E-state index contributed by atoms with van der Waals surface area (Å²) in [5.41, 5.74) is 5.27. The van der Waals surface area contributed by atoms with E-state index in [1.54, 1.807) is 24.3 Å². The molecular formula is C29H45F3N2O3S. The first-order chi connectivity index (χ1) is 18.2. The zero-order valence-electron chi connectivity index (χ0n) is 23.0. The molecule has 216 valence electrons. The van der Waals surface area contributed by atoms with Gasteiger partial charge in [0.05, 0.1) is 11.7 Å². The van der Waals surface area contributed by atoms with Crippen LogP contribution in [0.3, 0.4) is 0 Å². The normalized spacial score (nSPS) is 16.0. The number of nitrogens with zero attached hydrogens (tertiary/aromatic N) is 1. The highest BCUT2D eigenvalue weighted by Gasteiger charge is 2.33. The molecule has 1 aliphatic heterocycles. The fourth-order valence-electron chi connectivity index (χ4n) is 3.90. The zero-order chi connectivity index (χ0) is 28.4. The summed E-state index contributed by atoms with van der Waals surface area (Å²) < 4.78 is 46.8. The summed E-state index contributed by atoms with van der Waals surface area (Å²) in [6.45, 7) is 5.41. The summed E-state index contributed by atoms with van der Waals surface area (Å²) in [5.74, 6) is -4.75. The molecule has 9 heteroatoms. The zero-order valence-corrected chi connectivity index (χ0v) is 23.8. The second kappa shape index (κ2) is 19.1. The predicted molar refractivity (Wildman–Crippen MR) is 151 cm³/mol. The minimum absolute atomic E-state index is 0.0331. The molecule has 38 heavy (non-hydrogen) atoms. The van der Waals surface area contributed by atoms with E-state index in [9.17, 15) is 23.1 Å². The lowest BCUT2D eigenvalue weighted by Gasteiger charge is -2.34. The smallest absolute Gasteiger partial charge is 0.334 e. The molecule has 1 aromatic rings. The van der Waals surface area contributed by atoms with Gasteiger partial charge in [-0.2, -0.15) is 0 Å². The Balaban J connectivity index is 0.000000554. The van der Waals surface area contributed by atoms with Gasteiger partial charge in [0.25, 0.3) is 5.92 Å². The topological polar surface area (TPSA) is 75.8 Å². The van der Waals surface area contributed by atoms with Gasteiger partial charge in [0.15, 0.2) is 0 Å². The summed E-state index contributed by atoms with van der Waals surface area (Å²) >= 11 is 1.13. The molecule has 3 N–H and O–H groups in total. The van der Waals surface area contributed by atoms with Crippen LogP contribution >= 0.6 is 11.8 Å². The van der Waals surface area contributed by atoms with Crippen LogP contribution in [0, 0.1) is 5.82 Å². The number of carbonyl (C=O) groups is 1. The van der Waals surface area contributed by atoms with E-state index >= 15 is 0 Å². The molecule has 0 bridgehead atoms. The number of alkyl halides is 2. The van der Waals surface area contributed by atoms with Gasteiger partial charge in [-0.1, -0.05) is 64.0 Å². The van der Waals surface area contributed by atoms with Gasteiger partial charge in [-0.05, 0) is 44.2 Å². The number of allylic oxidation sites excluding steroid dienone is 2. The minimum Gasteiger partial charge on any atom is -0.478 e. The molecule has 5 nitrogen and oxygen atoms in total. The van der Waals surface area contributed by atoms with Crippen LogP contribution < -0.4 is 5.73 Å². The van der Waals surface area contributed by atoms with Gasteiger partial charge in [0.1, 0.15) is 11.2 Å². The van der Waals surface area contributed by atoms with Crippen molar-refractivity contribution in [1.82, 2.24) is 4.90 Å². The lowest BCUT2D eigenvalue weighted by molar-refractivity contribution is -0.133. The molecule has 0 amide bonds. The van der Waals surface area contributed by atoms with Gasteiger partial charge in [-0.15, -0.1) is 11.8 Å². The van der Waals surface area contributed by atoms with Crippen LogP contribution in [0.1, 0.15) is 77.2 Å². The third-order valence-electron chi connectivity index (χ3n) is 6.25. The predicted octanol–water partition coefficient (Wildman–Crippen LogP) is 7.33. The van der Waals surface area contributed by atoms with Crippen molar-refractivity contribution in [2.45, 2.75) is 89.0 Å². The molecular weight excluding hydrogens is 513 g/mol. The Labute approximate surface area is 230 Å². The van der Waals surface area contributed by atoms with E-state index in [4.69, 9.17) is 10.5 Å². The summed E-state index contributed by atoms with van der Waals surface area (Å²) in [7, 11) is 1.55. The van der Waals surface area contributed by atoms with E-state index in [1.165, 1.54) is 57.4 Å². The highest BCUT2D eigenvalue weighted by atomic mass is 32.2. The number of halogens is 3. The molecule has 0 radical (unpaired) electrons. The number of ether oxygens (including phenoxy) is 1. The SMILES string of the molecule is CCCCCCCCCCN.COC(C)CN1C=CC=C(C(=O)O)C1SCCC(F)(F)c1ccc(F)cc1. The molecule has 0 saturated heterocycles. The van der Waals surface area contributed by atoms with Gasteiger partial charge >= 0.3 is 5.97 Å². The maximum absolute atomic E-state index is 14.3. The van der Waals surface area contributed by atoms with Crippen LogP contribution in [0.15, 0.2) is 48.2 Å². The van der Waals surface area contributed by atoms with E-state index in [2.05, 4.69) is 6.92 Å².